The van der Waals surface area contributed by atoms with E-state index < -0.39 is 12.1 Å². The van der Waals surface area contributed by atoms with Crippen LogP contribution >= 0.6 is 0 Å². The molecule has 2 unspecified atom stereocenters. The minimum atomic E-state index is -5.08. The van der Waals surface area contributed by atoms with Gasteiger partial charge < -0.3 is 30.7 Å². The lowest BCUT2D eigenvalue weighted by atomic mass is 9.88. The number of piperidine rings is 1. The maximum absolute atomic E-state index is 10.6. The summed E-state index contributed by atoms with van der Waals surface area (Å²) in [5, 5.41) is 30.8. The molecule has 200 valence electrons. The van der Waals surface area contributed by atoms with Crippen molar-refractivity contribution in [2.24, 2.45) is 0 Å². The highest BCUT2D eigenvalue weighted by Gasteiger charge is 2.38. The van der Waals surface area contributed by atoms with Gasteiger partial charge in [-0.1, -0.05) is 6.07 Å². The predicted octanol–water partition coefficient (Wildman–Crippen LogP) is 3.96. The highest BCUT2D eigenvalue weighted by molar-refractivity contribution is 5.76. The Bertz CT molecular complexity index is 1120. The van der Waals surface area contributed by atoms with E-state index >= 15 is 0 Å². The van der Waals surface area contributed by atoms with Crippen molar-refractivity contribution < 1.29 is 37.7 Å². The van der Waals surface area contributed by atoms with Crippen LogP contribution in [0.5, 0.6) is 11.5 Å². The summed E-state index contributed by atoms with van der Waals surface area (Å²) in [5.41, 5.74) is 8.47. The molecule has 5 N–H and O–H groups in total. The molecule has 2 saturated heterocycles. The maximum Gasteiger partial charge on any atom is 0.490 e. The number of phenols is 1. The zero-order valence-corrected chi connectivity index (χ0v) is 20.1. The molecule has 1 aromatic carbocycles. The van der Waals surface area contributed by atoms with Gasteiger partial charge in [0.25, 0.3) is 0 Å². The number of carbonyl (C=O) groups is 1. The topological polar surface area (TPSA) is 151 Å². The molecule has 2 atom stereocenters. The van der Waals surface area contributed by atoms with Gasteiger partial charge in [-0.2, -0.15) is 18.4 Å². The smallest absolute Gasteiger partial charge is 0.490 e. The zero-order valence-electron chi connectivity index (χ0n) is 20.1. The molecule has 1 aromatic heterocycles. The van der Waals surface area contributed by atoms with Crippen molar-refractivity contribution >= 4 is 11.8 Å². The zero-order chi connectivity index (χ0) is 27.0. The quantitative estimate of drug-likeness (QED) is 0.457. The molecule has 9 nitrogen and oxygen atoms in total. The number of hydrogen-bond acceptors (Lipinski definition) is 8. The number of nitrogens with one attached hydrogen (secondary N) is 1. The van der Waals surface area contributed by atoms with Crippen molar-refractivity contribution in [3.05, 3.63) is 35.4 Å². The molecule has 2 aliphatic heterocycles. The molecule has 0 amide bonds. The first-order valence-electron chi connectivity index (χ1n) is 11.9. The van der Waals surface area contributed by atoms with Crippen molar-refractivity contribution in [1.82, 2.24) is 10.3 Å². The van der Waals surface area contributed by atoms with Crippen molar-refractivity contribution in [2.45, 2.75) is 50.3 Å². The number of hydrogen-bond donors (Lipinski definition) is 4. The first-order valence-corrected chi connectivity index (χ1v) is 11.9. The predicted molar refractivity (Wildman–Crippen MR) is 128 cm³/mol. The molecule has 12 heteroatoms. The average Bonchev–Trinajstić information content (AvgIpc) is 2.88. The largest absolute Gasteiger partial charge is 0.507 e. The Hall–Kier alpha value is -3.56. The summed E-state index contributed by atoms with van der Waals surface area (Å²) in [6, 6.07) is 9.26. The van der Waals surface area contributed by atoms with Gasteiger partial charge in [-0.15, -0.1) is 0 Å². The number of nitrogens with zero attached hydrogens (tertiary/aromatic N) is 2. The van der Waals surface area contributed by atoms with Gasteiger partial charge in [0.1, 0.15) is 30.0 Å². The lowest BCUT2D eigenvalue weighted by Crippen LogP contribution is -2.29. The molecule has 0 aliphatic carbocycles. The maximum atomic E-state index is 10.6. The normalized spacial score (nSPS) is 19.7. The van der Waals surface area contributed by atoms with Crippen LogP contribution in [0.25, 0.3) is 11.3 Å². The summed E-state index contributed by atoms with van der Waals surface area (Å²) in [4.78, 5) is 13.3. The molecule has 2 aromatic rings. The van der Waals surface area contributed by atoms with Gasteiger partial charge in [-0.05, 0) is 68.3 Å². The molecule has 0 spiro atoms. The van der Waals surface area contributed by atoms with Gasteiger partial charge in [-0.25, -0.2) is 9.78 Å². The number of phenolic OH excluding ortho intramolecular Hbond substituents is 1. The highest BCUT2D eigenvalue weighted by Crippen LogP contribution is 2.40. The van der Waals surface area contributed by atoms with E-state index in [4.69, 9.17) is 25.1 Å². The number of ether oxygens (including phenoxy) is 2. The number of carboxylic acid groups (broad SMARTS) is 1. The number of nitrogen functional groups attached to an aromatic ring is 1. The Kier molecular flexibility index (Phi) is 9.54. The van der Waals surface area contributed by atoms with E-state index in [9.17, 15) is 23.5 Å². The SMILES string of the molecule is N#Cc1c(C2CCCNC2)cc(-c2c(O)cccc2OCC2CCCCO2)nc1N.O=C(O)C(F)(F)F. The van der Waals surface area contributed by atoms with Crippen LogP contribution in [0, 0.1) is 11.3 Å². The molecule has 4 rings (SSSR count). The van der Waals surface area contributed by atoms with Gasteiger partial charge in [0.15, 0.2) is 0 Å². The number of benzene rings is 1. The van der Waals surface area contributed by atoms with Crippen LogP contribution in [0.15, 0.2) is 24.3 Å². The Balaban J connectivity index is 0.000000479. The number of anilines is 1. The number of halogens is 3. The molecular weight excluding hydrogens is 493 g/mol. The Labute approximate surface area is 212 Å². The summed E-state index contributed by atoms with van der Waals surface area (Å²) < 4.78 is 43.5. The van der Waals surface area contributed by atoms with Gasteiger partial charge >= 0.3 is 12.1 Å². The molecule has 3 heterocycles. The van der Waals surface area contributed by atoms with Crippen molar-refractivity contribution in [3.63, 3.8) is 0 Å². The average molecular weight is 523 g/mol. The third kappa shape index (κ3) is 7.47. The van der Waals surface area contributed by atoms with Crippen LogP contribution in [0.1, 0.15) is 49.1 Å². The van der Waals surface area contributed by atoms with E-state index in [2.05, 4.69) is 16.4 Å². The van der Waals surface area contributed by atoms with Gasteiger partial charge in [-0.3, -0.25) is 0 Å². The first kappa shape index (κ1) is 28.0. The van der Waals surface area contributed by atoms with Crippen LogP contribution in [0.4, 0.5) is 19.0 Å². The van der Waals surface area contributed by atoms with Crippen LogP contribution in [-0.4, -0.2) is 59.7 Å². The van der Waals surface area contributed by atoms with Crippen molar-refractivity contribution in [1.29, 1.82) is 5.26 Å². The number of pyridine rings is 1. The second-order valence-electron chi connectivity index (χ2n) is 8.76. The van der Waals surface area contributed by atoms with Crippen molar-refractivity contribution in [3.8, 4) is 28.8 Å². The van der Waals surface area contributed by atoms with E-state index in [1.165, 1.54) is 0 Å². The number of aromatic hydroxyl groups is 1. The van der Waals surface area contributed by atoms with E-state index in [1.54, 1.807) is 12.1 Å². The number of nitrogens with two attached hydrogens (primary N) is 1. The standard InChI is InChI=1S/C23H28N4O3.C2HF3O2/c24-12-18-17(15-5-4-9-26-13-15)11-19(27-23(18)25)22-20(28)7-3-8-21(22)30-14-16-6-1-2-10-29-16;3-2(4,5)1(6)7/h3,7-8,11,15-16,26,28H,1-2,4-6,9-10,13-14H2,(H2,25,27);(H,6,7). The number of aromatic nitrogens is 1. The Morgan fingerprint density at radius 2 is 2.05 bits per heavy atom. The van der Waals surface area contributed by atoms with E-state index in [-0.39, 0.29) is 23.6 Å². The number of carboxylic acids is 1. The highest BCUT2D eigenvalue weighted by atomic mass is 19.4. The van der Waals surface area contributed by atoms with Crippen LogP contribution in [0.3, 0.4) is 0 Å². The van der Waals surface area contributed by atoms with Crippen molar-refractivity contribution in [2.75, 3.05) is 32.0 Å². The van der Waals surface area contributed by atoms with E-state index in [0.29, 0.717) is 29.2 Å². The number of alkyl halides is 3. The number of rotatable bonds is 5. The van der Waals surface area contributed by atoms with E-state index in [1.807, 2.05) is 12.1 Å². The summed E-state index contributed by atoms with van der Waals surface area (Å²) >= 11 is 0. The molecule has 2 fully saturated rings. The summed E-state index contributed by atoms with van der Waals surface area (Å²) in [6.45, 7) is 2.95. The van der Waals surface area contributed by atoms with Crippen LogP contribution in [0.2, 0.25) is 0 Å². The third-order valence-corrected chi connectivity index (χ3v) is 6.13. The third-order valence-electron chi connectivity index (χ3n) is 6.13. The lowest BCUT2D eigenvalue weighted by Gasteiger charge is -2.25. The van der Waals surface area contributed by atoms with Crippen LogP contribution < -0.4 is 15.8 Å². The molecular formula is C25H29F3N4O5. The fraction of sp³-hybridized carbons (Fsp3) is 0.480. The van der Waals surface area contributed by atoms with E-state index in [0.717, 1.165) is 57.4 Å². The second-order valence-corrected chi connectivity index (χ2v) is 8.76. The minimum absolute atomic E-state index is 0.0526. The summed E-state index contributed by atoms with van der Waals surface area (Å²) in [5.74, 6) is -1.79. The second kappa shape index (κ2) is 12.6. The molecule has 0 radical (unpaired) electrons. The molecule has 0 bridgehead atoms. The molecule has 2 aliphatic rings. The monoisotopic (exact) mass is 522 g/mol. The molecule has 37 heavy (non-hydrogen) atoms. The summed E-state index contributed by atoms with van der Waals surface area (Å²) in [7, 11) is 0. The summed E-state index contributed by atoms with van der Waals surface area (Å²) in [6.07, 6.45) is 0.174. The fourth-order valence-electron chi connectivity index (χ4n) is 4.29. The molecule has 0 saturated carbocycles. The van der Waals surface area contributed by atoms with Gasteiger partial charge in [0, 0.05) is 13.2 Å². The Morgan fingerprint density at radius 1 is 1.30 bits per heavy atom. The minimum Gasteiger partial charge on any atom is -0.507 e. The van der Waals surface area contributed by atoms with Gasteiger partial charge in [0.2, 0.25) is 0 Å². The lowest BCUT2D eigenvalue weighted by molar-refractivity contribution is -0.192. The first-order chi connectivity index (χ1) is 17.6. The van der Waals surface area contributed by atoms with Crippen LogP contribution in [-0.2, 0) is 9.53 Å². The number of aliphatic carboxylic acids is 1. The van der Waals surface area contributed by atoms with Gasteiger partial charge in [0.05, 0.1) is 22.9 Å². The Morgan fingerprint density at radius 3 is 2.65 bits per heavy atom. The fourth-order valence-corrected chi connectivity index (χ4v) is 4.29. The number of nitriles is 1.